The Balaban J connectivity index is 2.10. The second kappa shape index (κ2) is 5.18. The Morgan fingerprint density at radius 3 is 2.75 bits per heavy atom. The number of aromatic nitrogens is 2. The SMILES string of the molecule is Cc1cc(Br)c2nc(C)c(C(=O)N3CCNCC3)n2c1. The highest BCUT2D eigenvalue weighted by atomic mass is 79.9. The van der Waals surface area contributed by atoms with Crippen molar-refractivity contribution in [1.29, 1.82) is 0 Å². The summed E-state index contributed by atoms with van der Waals surface area (Å²) >= 11 is 3.52. The molecule has 6 heteroatoms. The second-order valence-corrected chi connectivity index (χ2v) is 6.00. The van der Waals surface area contributed by atoms with Gasteiger partial charge in [-0.25, -0.2) is 4.98 Å². The lowest BCUT2D eigenvalue weighted by Crippen LogP contribution is -2.46. The number of nitrogens with zero attached hydrogens (tertiary/aromatic N) is 3. The molecule has 0 aliphatic carbocycles. The first kappa shape index (κ1) is 13.6. The second-order valence-electron chi connectivity index (χ2n) is 5.15. The van der Waals surface area contributed by atoms with Crippen molar-refractivity contribution < 1.29 is 4.79 Å². The van der Waals surface area contributed by atoms with Crippen LogP contribution in [-0.4, -0.2) is 46.4 Å². The van der Waals surface area contributed by atoms with Crippen molar-refractivity contribution in [3.05, 3.63) is 33.7 Å². The average Bonchev–Trinajstić information content (AvgIpc) is 2.76. The van der Waals surface area contributed by atoms with Gasteiger partial charge in [0, 0.05) is 32.4 Å². The fraction of sp³-hybridized carbons (Fsp3) is 0.429. The summed E-state index contributed by atoms with van der Waals surface area (Å²) in [6.07, 6.45) is 1.97. The molecule has 20 heavy (non-hydrogen) atoms. The summed E-state index contributed by atoms with van der Waals surface area (Å²) in [4.78, 5) is 19.2. The lowest BCUT2D eigenvalue weighted by Gasteiger charge is -2.27. The van der Waals surface area contributed by atoms with E-state index in [4.69, 9.17) is 0 Å². The quantitative estimate of drug-likeness (QED) is 0.863. The molecule has 2 aromatic rings. The number of fused-ring (bicyclic) bond motifs is 1. The van der Waals surface area contributed by atoms with E-state index in [1.165, 1.54) is 0 Å². The van der Waals surface area contributed by atoms with Gasteiger partial charge in [0.25, 0.3) is 5.91 Å². The van der Waals surface area contributed by atoms with Crippen molar-refractivity contribution in [1.82, 2.24) is 19.6 Å². The van der Waals surface area contributed by atoms with Gasteiger partial charge in [0.2, 0.25) is 0 Å². The monoisotopic (exact) mass is 336 g/mol. The first-order chi connectivity index (χ1) is 9.58. The lowest BCUT2D eigenvalue weighted by molar-refractivity contribution is 0.0728. The minimum atomic E-state index is 0.0639. The molecule has 5 nitrogen and oxygen atoms in total. The standard InChI is InChI=1S/C14H17BrN4O/c1-9-7-11(15)13-17-10(2)12(19(13)8-9)14(20)18-5-3-16-4-6-18/h7-8,16H,3-6H2,1-2H3. The normalized spacial score (nSPS) is 15.8. The number of halogens is 1. The third-order valence-electron chi connectivity index (χ3n) is 3.59. The molecule has 0 aromatic carbocycles. The zero-order valence-electron chi connectivity index (χ0n) is 11.6. The van der Waals surface area contributed by atoms with Gasteiger partial charge in [0.1, 0.15) is 5.69 Å². The van der Waals surface area contributed by atoms with Crippen molar-refractivity contribution in [2.45, 2.75) is 13.8 Å². The molecule has 2 aromatic heterocycles. The van der Waals surface area contributed by atoms with Gasteiger partial charge < -0.3 is 10.2 Å². The Morgan fingerprint density at radius 2 is 2.05 bits per heavy atom. The summed E-state index contributed by atoms with van der Waals surface area (Å²) in [5.74, 6) is 0.0639. The van der Waals surface area contributed by atoms with Crippen LogP contribution >= 0.6 is 15.9 Å². The smallest absolute Gasteiger partial charge is 0.272 e. The zero-order valence-corrected chi connectivity index (χ0v) is 13.2. The Hall–Kier alpha value is -1.40. The third-order valence-corrected chi connectivity index (χ3v) is 4.18. The van der Waals surface area contributed by atoms with Crippen LogP contribution in [0.1, 0.15) is 21.7 Å². The van der Waals surface area contributed by atoms with E-state index in [0.29, 0.717) is 5.69 Å². The van der Waals surface area contributed by atoms with Gasteiger partial charge in [0.05, 0.1) is 10.2 Å². The Labute approximate surface area is 126 Å². The van der Waals surface area contributed by atoms with Crippen LogP contribution in [0.2, 0.25) is 0 Å². The number of pyridine rings is 1. The summed E-state index contributed by atoms with van der Waals surface area (Å²) < 4.78 is 2.82. The first-order valence-electron chi connectivity index (χ1n) is 6.72. The van der Waals surface area contributed by atoms with Crippen LogP contribution in [0.4, 0.5) is 0 Å². The van der Waals surface area contributed by atoms with E-state index in [2.05, 4.69) is 26.2 Å². The minimum absolute atomic E-state index is 0.0639. The van der Waals surface area contributed by atoms with E-state index in [1.54, 1.807) is 0 Å². The number of piperazine rings is 1. The van der Waals surface area contributed by atoms with Crippen LogP contribution < -0.4 is 5.32 Å². The maximum Gasteiger partial charge on any atom is 0.272 e. The van der Waals surface area contributed by atoms with Gasteiger partial charge in [-0.1, -0.05) is 0 Å². The topological polar surface area (TPSA) is 49.6 Å². The molecular formula is C14H17BrN4O. The Bertz CT molecular complexity index is 673. The number of hydrogen-bond donors (Lipinski definition) is 1. The third kappa shape index (κ3) is 2.23. The van der Waals surface area contributed by atoms with E-state index >= 15 is 0 Å². The van der Waals surface area contributed by atoms with Gasteiger partial charge in [-0.2, -0.15) is 0 Å². The van der Waals surface area contributed by atoms with Gasteiger partial charge >= 0.3 is 0 Å². The molecule has 0 unspecified atom stereocenters. The summed E-state index contributed by atoms with van der Waals surface area (Å²) in [5.41, 5.74) is 3.34. The lowest BCUT2D eigenvalue weighted by atomic mass is 10.2. The molecule has 0 saturated carbocycles. The Kier molecular flexibility index (Phi) is 3.52. The number of aryl methyl sites for hydroxylation is 2. The predicted molar refractivity (Wildman–Crippen MR) is 81.1 cm³/mol. The molecule has 0 spiro atoms. The van der Waals surface area contributed by atoms with Crippen LogP contribution in [0, 0.1) is 13.8 Å². The highest BCUT2D eigenvalue weighted by Crippen LogP contribution is 2.23. The highest BCUT2D eigenvalue weighted by molar-refractivity contribution is 9.10. The van der Waals surface area contributed by atoms with E-state index in [0.717, 1.165) is 47.6 Å². The molecule has 1 aliphatic heterocycles. The van der Waals surface area contributed by atoms with Crippen LogP contribution in [-0.2, 0) is 0 Å². The molecule has 0 atom stereocenters. The average molecular weight is 337 g/mol. The number of hydrogen-bond acceptors (Lipinski definition) is 3. The van der Waals surface area contributed by atoms with Crippen molar-refractivity contribution in [3.8, 4) is 0 Å². The predicted octanol–water partition coefficient (Wildman–Crippen LogP) is 1.76. The van der Waals surface area contributed by atoms with Crippen LogP contribution in [0.3, 0.4) is 0 Å². The molecule has 3 rings (SSSR count). The molecule has 0 bridgehead atoms. The molecule has 1 amide bonds. The minimum Gasteiger partial charge on any atom is -0.335 e. The summed E-state index contributed by atoms with van der Waals surface area (Å²) in [6.45, 7) is 7.11. The molecular weight excluding hydrogens is 320 g/mol. The van der Waals surface area contributed by atoms with E-state index < -0.39 is 0 Å². The summed E-state index contributed by atoms with van der Waals surface area (Å²) in [7, 11) is 0. The van der Waals surface area contributed by atoms with E-state index in [-0.39, 0.29) is 5.91 Å². The Morgan fingerprint density at radius 1 is 1.35 bits per heavy atom. The van der Waals surface area contributed by atoms with Crippen molar-refractivity contribution in [3.63, 3.8) is 0 Å². The number of imidazole rings is 1. The summed E-state index contributed by atoms with van der Waals surface area (Å²) in [6, 6.07) is 2.01. The van der Waals surface area contributed by atoms with E-state index in [9.17, 15) is 4.79 Å². The van der Waals surface area contributed by atoms with Gasteiger partial charge in [-0.15, -0.1) is 0 Å². The van der Waals surface area contributed by atoms with Crippen LogP contribution in [0.25, 0.3) is 5.65 Å². The zero-order chi connectivity index (χ0) is 14.3. The molecule has 106 valence electrons. The highest BCUT2D eigenvalue weighted by Gasteiger charge is 2.24. The van der Waals surface area contributed by atoms with Crippen molar-refractivity contribution in [2.75, 3.05) is 26.2 Å². The number of nitrogens with one attached hydrogen (secondary N) is 1. The molecule has 1 saturated heterocycles. The number of amides is 1. The molecule has 1 N–H and O–H groups in total. The number of rotatable bonds is 1. The van der Waals surface area contributed by atoms with Gasteiger partial charge in [-0.3, -0.25) is 9.20 Å². The van der Waals surface area contributed by atoms with E-state index in [1.807, 2.05) is 35.4 Å². The molecule has 1 fully saturated rings. The first-order valence-corrected chi connectivity index (χ1v) is 7.52. The van der Waals surface area contributed by atoms with Crippen molar-refractivity contribution >= 4 is 27.5 Å². The van der Waals surface area contributed by atoms with Crippen molar-refractivity contribution in [2.24, 2.45) is 0 Å². The fourth-order valence-electron chi connectivity index (χ4n) is 2.62. The largest absolute Gasteiger partial charge is 0.335 e. The molecule has 0 radical (unpaired) electrons. The molecule has 1 aliphatic rings. The van der Waals surface area contributed by atoms with Gasteiger partial charge in [-0.05, 0) is 41.4 Å². The van der Waals surface area contributed by atoms with Gasteiger partial charge in [0.15, 0.2) is 5.65 Å². The number of carbonyl (C=O) groups excluding carboxylic acids is 1. The fourth-order valence-corrected chi connectivity index (χ4v) is 3.26. The maximum atomic E-state index is 12.7. The van der Waals surface area contributed by atoms with Crippen LogP contribution in [0.5, 0.6) is 0 Å². The maximum absolute atomic E-state index is 12.7. The summed E-state index contributed by atoms with van der Waals surface area (Å²) in [5, 5.41) is 3.26. The molecule has 3 heterocycles. The van der Waals surface area contributed by atoms with Crippen LogP contribution in [0.15, 0.2) is 16.7 Å². The number of carbonyl (C=O) groups is 1.